The van der Waals surface area contributed by atoms with Crippen LogP contribution in [0.3, 0.4) is 0 Å². The predicted molar refractivity (Wildman–Crippen MR) is 75.5 cm³/mol. The molecule has 0 amide bonds. The molecule has 1 N–H and O–H groups in total. The van der Waals surface area contributed by atoms with E-state index in [1.165, 1.54) is 10.5 Å². The van der Waals surface area contributed by atoms with Crippen molar-refractivity contribution >= 4 is 11.8 Å². The first kappa shape index (κ1) is 14.6. The maximum absolute atomic E-state index is 9.48. The highest BCUT2D eigenvalue weighted by molar-refractivity contribution is 7.98. The summed E-state index contributed by atoms with van der Waals surface area (Å²) in [5.41, 5.74) is 1.29. The first-order valence-corrected chi connectivity index (χ1v) is 7.27. The standard InChI is InChI=1S/C14H23NOS/c1-5-11(10-16)14(15(2)3)12-6-8-13(17-4)9-7-12/h6-9,11,14,16H,5,10H2,1-4H3. The Balaban J connectivity index is 2.96. The molecule has 0 fully saturated rings. The molecular formula is C14H23NOS. The first-order chi connectivity index (χ1) is 8.13. The minimum Gasteiger partial charge on any atom is -0.396 e. The van der Waals surface area contributed by atoms with Crippen molar-refractivity contribution in [3.63, 3.8) is 0 Å². The van der Waals surface area contributed by atoms with Gasteiger partial charge in [0.05, 0.1) is 0 Å². The number of benzene rings is 1. The Morgan fingerprint density at radius 3 is 2.18 bits per heavy atom. The second kappa shape index (κ2) is 7.04. The zero-order valence-corrected chi connectivity index (χ0v) is 12.0. The highest BCUT2D eigenvalue weighted by atomic mass is 32.2. The van der Waals surface area contributed by atoms with Crippen LogP contribution in [0.4, 0.5) is 0 Å². The number of hydrogen-bond acceptors (Lipinski definition) is 3. The van der Waals surface area contributed by atoms with Gasteiger partial charge in [0, 0.05) is 23.5 Å². The molecule has 2 nitrogen and oxygen atoms in total. The monoisotopic (exact) mass is 253 g/mol. The van der Waals surface area contributed by atoms with Gasteiger partial charge in [-0.15, -0.1) is 11.8 Å². The van der Waals surface area contributed by atoms with Gasteiger partial charge in [-0.2, -0.15) is 0 Å². The van der Waals surface area contributed by atoms with Gasteiger partial charge in [-0.05, 0) is 44.5 Å². The van der Waals surface area contributed by atoms with E-state index in [9.17, 15) is 5.11 Å². The molecule has 0 heterocycles. The third-order valence-corrected chi connectivity index (χ3v) is 3.96. The van der Waals surface area contributed by atoms with E-state index in [1.807, 2.05) is 0 Å². The number of thioether (sulfide) groups is 1. The third kappa shape index (κ3) is 3.73. The summed E-state index contributed by atoms with van der Waals surface area (Å²) in [6.45, 7) is 2.37. The molecule has 0 aromatic heterocycles. The van der Waals surface area contributed by atoms with Crippen molar-refractivity contribution in [3.05, 3.63) is 29.8 Å². The third-order valence-electron chi connectivity index (χ3n) is 3.22. The molecule has 0 spiro atoms. The van der Waals surface area contributed by atoms with E-state index in [0.717, 1.165) is 6.42 Å². The van der Waals surface area contributed by atoms with Crippen LogP contribution in [0.15, 0.2) is 29.2 Å². The maximum Gasteiger partial charge on any atom is 0.0477 e. The van der Waals surface area contributed by atoms with Gasteiger partial charge >= 0.3 is 0 Å². The molecule has 2 unspecified atom stereocenters. The Labute approximate surface area is 109 Å². The molecule has 0 aliphatic rings. The summed E-state index contributed by atoms with van der Waals surface area (Å²) in [5, 5.41) is 9.48. The summed E-state index contributed by atoms with van der Waals surface area (Å²) in [4.78, 5) is 3.47. The molecule has 3 heteroatoms. The lowest BCUT2D eigenvalue weighted by atomic mass is 9.91. The fraction of sp³-hybridized carbons (Fsp3) is 0.571. The van der Waals surface area contributed by atoms with Crippen molar-refractivity contribution in [2.24, 2.45) is 5.92 Å². The van der Waals surface area contributed by atoms with E-state index >= 15 is 0 Å². The molecule has 0 saturated heterocycles. The zero-order valence-electron chi connectivity index (χ0n) is 11.2. The van der Waals surface area contributed by atoms with Crippen molar-refractivity contribution in [1.29, 1.82) is 0 Å². The van der Waals surface area contributed by atoms with E-state index in [-0.39, 0.29) is 6.61 Å². The van der Waals surface area contributed by atoms with Gasteiger partial charge in [-0.3, -0.25) is 0 Å². The van der Waals surface area contributed by atoms with E-state index in [0.29, 0.717) is 12.0 Å². The van der Waals surface area contributed by atoms with Gasteiger partial charge in [-0.1, -0.05) is 19.1 Å². The normalized spacial score (nSPS) is 14.9. The van der Waals surface area contributed by atoms with Gasteiger partial charge < -0.3 is 10.0 Å². The van der Waals surface area contributed by atoms with Crippen molar-refractivity contribution < 1.29 is 5.11 Å². The first-order valence-electron chi connectivity index (χ1n) is 6.05. The van der Waals surface area contributed by atoms with Crippen molar-refractivity contribution in [1.82, 2.24) is 4.90 Å². The van der Waals surface area contributed by atoms with Crippen LogP contribution in [-0.4, -0.2) is 37.0 Å². The predicted octanol–water partition coefficient (Wildman–Crippen LogP) is 3.03. The number of aliphatic hydroxyl groups excluding tert-OH is 1. The molecular weight excluding hydrogens is 230 g/mol. The molecule has 0 radical (unpaired) electrons. The number of hydrogen-bond donors (Lipinski definition) is 1. The minimum atomic E-state index is 0.240. The van der Waals surface area contributed by atoms with Crippen LogP contribution in [0, 0.1) is 5.92 Å². The lowest BCUT2D eigenvalue weighted by Gasteiger charge is -2.31. The van der Waals surface area contributed by atoms with Gasteiger partial charge in [0.2, 0.25) is 0 Å². The lowest BCUT2D eigenvalue weighted by Crippen LogP contribution is -2.29. The summed E-state index contributed by atoms with van der Waals surface area (Å²) in [6.07, 6.45) is 3.07. The Kier molecular flexibility index (Phi) is 6.03. The molecule has 1 rings (SSSR count). The lowest BCUT2D eigenvalue weighted by molar-refractivity contribution is 0.130. The summed E-state index contributed by atoms with van der Waals surface area (Å²) in [6, 6.07) is 8.95. The number of aliphatic hydroxyl groups is 1. The van der Waals surface area contributed by atoms with Crippen LogP contribution >= 0.6 is 11.8 Å². The molecule has 0 aliphatic carbocycles. The van der Waals surface area contributed by atoms with Crippen LogP contribution in [0.25, 0.3) is 0 Å². The van der Waals surface area contributed by atoms with Gasteiger partial charge in [-0.25, -0.2) is 0 Å². The second-order valence-electron chi connectivity index (χ2n) is 4.53. The Morgan fingerprint density at radius 1 is 1.24 bits per heavy atom. The Hall–Kier alpha value is -0.510. The Morgan fingerprint density at radius 2 is 1.82 bits per heavy atom. The number of rotatable bonds is 6. The van der Waals surface area contributed by atoms with Crippen molar-refractivity contribution in [3.8, 4) is 0 Å². The van der Waals surface area contributed by atoms with E-state index in [2.05, 4.69) is 56.4 Å². The van der Waals surface area contributed by atoms with E-state index < -0.39 is 0 Å². The van der Waals surface area contributed by atoms with Gasteiger partial charge in [0.1, 0.15) is 0 Å². The molecule has 2 atom stereocenters. The molecule has 1 aromatic carbocycles. The molecule has 96 valence electrons. The van der Waals surface area contributed by atoms with Gasteiger partial charge in [0.15, 0.2) is 0 Å². The van der Waals surface area contributed by atoms with Crippen LogP contribution in [-0.2, 0) is 0 Å². The fourth-order valence-electron chi connectivity index (χ4n) is 2.25. The molecule has 0 aliphatic heterocycles. The highest BCUT2D eigenvalue weighted by Gasteiger charge is 2.22. The van der Waals surface area contributed by atoms with Gasteiger partial charge in [0.25, 0.3) is 0 Å². The maximum atomic E-state index is 9.48. The SMILES string of the molecule is CCC(CO)C(c1ccc(SC)cc1)N(C)C. The number of nitrogens with zero attached hydrogens (tertiary/aromatic N) is 1. The molecule has 0 saturated carbocycles. The van der Waals surface area contributed by atoms with E-state index in [4.69, 9.17) is 0 Å². The summed E-state index contributed by atoms with van der Waals surface area (Å²) >= 11 is 1.75. The molecule has 17 heavy (non-hydrogen) atoms. The topological polar surface area (TPSA) is 23.5 Å². The van der Waals surface area contributed by atoms with Crippen molar-refractivity contribution in [2.75, 3.05) is 27.0 Å². The summed E-state index contributed by atoms with van der Waals surface area (Å²) in [7, 11) is 4.15. The summed E-state index contributed by atoms with van der Waals surface area (Å²) < 4.78 is 0. The highest BCUT2D eigenvalue weighted by Crippen LogP contribution is 2.30. The smallest absolute Gasteiger partial charge is 0.0477 e. The average Bonchev–Trinajstić information content (AvgIpc) is 2.35. The molecule has 1 aromatic rings. The van der Waals surface area contributed by atoms with Crippen LogP contribution in [0.5, 0.6) is 0 Å². The van der Waals surface area contributed by atoms with Crippen LogP contribution < -0.4 is 0 Å². The Bertz CT molecular complexity index is 319. The largest absolute Gasteiger partial charge is 0.396 e. The van der Waals surface area contributed by atoms with Crippen LogP contribution in [0.1, 0.15) is 24.9 Å². The zero-order chi connectivity index (χ0) is 12.8. The van der Waals surface area contributed by atoms with Crippen LogP contribution in [0.2, 0.25) is 0 Å². The molecule has 0 bridgehead atoms. The van der Waals surface area contributed by atoms with E-state index in [1.54, 1.807) is 11.8 Å². The average molecular weight is 253 g/mol. The second-order valence-corrected chi connectivity index (χ2v) is 5.41. The quantitative estimate of drug-likeness (QED) is 0.788. The fourth-order valence-corrected chi connectivity index (χ4v) is 2.65. The summed E-state index contributed by atoms with van der Waals surface area (Å²) in [5.74, 6) is 0.296. The minimum absolute atomic E-state index is 0.240. The van der Waals surface area contributed by atoms with Crippen molar-refractivity contribution in [2.45, 2.75) is 24.3 Å².